The van der Waals surface area contributed by atoms with Crippen LogP contribution >= 0.6 is 27.5 Å². The van der Waals surface area contributed by atoms with E-state index in [1.807, 2.05) is 26.0 Å². The molecule has 2 heterocycles. The number of ether oxygens (including phenoxy) is 2. The molecule has 0 saturated carbocycles. The average Bonchev–Trinajstić information content (AvgIpc) is 2.94. The van der Waals surface area contributed by atoms with Crippen molar-refractivity contribution < 1.29 is 14.3 Å². The molecule has 1 aromatic heterocycles. The van der Waals surface area contributed by atoms with Gasteiger partial charge in [0.25, 0.3) is 5.91 Å². The lowest BCUT2D eigenvalue weighted by molar-refractivity contribution is 0.0940. The molecule has 1 aliphatic heterocycles. The SMILES string of the molecule is CNc1snc(C)c1C(=O)N[C@@H](C)c1cc2c(cc1Br)OCCO2. The number of amides is 1. The maximum Gasteiger partial charge on any atom is 0.256 e. The van der Waals surface area contributed by atoms with Crippen LogP contribution in [0.4, 0.5) is 5.00 Å². The zero-order valence-electron chi connectivity index (χ0n) is 13.6. The van der Waals surface area contributed by atoms with E-state index in [2.05, 4.69) is 30.9 Å². The largest absolute Gasteiger partial charge is 0.486 e. The van der Waals surface area contributed by atoms with E-state index in [9.17, 15) is 4.79 Å². The first kappa shape index (κ1) is 17.0. The molecule has 0 bridgehead atoms. The third-order valence-corrected chi connectivity index (χ3v) is 5.44. The topological polar surface area (TPSA) is 72.5 Å². The molecule has 2 N–H and O–H groups in total. The van der Waals surface area contributed by atoms with E-state index in [-0.39, 0.29) is 11.9 Å². The molecule has 128 valence electrons. The highest BCUT2D eigenvalue weighted by Gasteiger charge is 2.22. The fourth-order valence-electron chi connectivity index (χ4n) is 2.57. The van der Waals surface area contributed by atoms with Crippen LogP contribution in [0.1, 0.15) is 34.6 Å². The van der Waals surface area contributed by atoms with E-state index in [4.69, 9.17) is 9.47 Å². The number of anilines is 1. The Labute approximate surface area is 152 Å². The Hall–Kier alpha value is -1.80. The number of hydrogen-bond acceptors (Lipinski definition) is 6. The van der Waals surface area contributed by atoms with Crippen LogP contribution in [-0.2, 0) is 0 Å². The maximum atomic E-state index is 12.6. The standard InChI is InChI=1S/C16H18BrN3O3S/c1-8(19-15(21)14-9(2)20-24-16(14)18-3)10-6-12-13(7-11(10)17)23-5-4-22-12/h6-8,18H,4-5H2,1-3H3,(H,19,21)/t8-/m0/s1. The first-order valence-electron chi connectivity index (χ1n) is 7.55. The predicted molar refractivity (Wildman–Crippen MR) is 97.4 cm³/mol. The van der Waals surface area contributed by atoms with Gasteiger partial charge in [0.1, 0.15) is 18.2 Å². The zero-order valence-corrected chi connectivity index (χ0v) is 16.0. The Morgan fingerprint density at radius 1 is 1.33 bits per heavy atom. The Morgan fingerprint density at radius 3 is 2.67 bits per heavy atom. The number of nitrogens with zero attached hydrogens (tertiary/aromatic N) is 1. The van der Waals surface area contributed by atoms with Gasteiger partial charge in [-0.15, -0.1) is 0 Å². The normalized spacial score (nSPS) is 14.2. The molecule has 1 atom stereocenters. The van der Waals surface area contributed by atoms with Gasteiger partial charge >= 0.3 is 0 Å². The fourth-order valence-corrected chi connectivity index (χ4v) is 3.97. The second kappa shape index (κ2) is 6.98. The lowest BCUT2D eigenvalue weighted by Crippen LogP contribution is -2.28. The van der Waals surface area contributed by atoms with Crippen molar-refractivity contribution in [3.63, 3.8) is 0 Å². The lowest BCUT2D eigenvalue weighted by Gasteiger charge is -2.22. The van der Waals surface area contributed by atoms with Gasteiger partial charge in [-0.25, -0.2) is 0 Å². The third kappa shape index (κ3) is 3.21. The number of carbonyl (C=O) groups is 1. The molecule has 1 amide bonds. The number of carbonyl (C=O) groups excluding carboxylic acids is 1. The van der Waals surface area contributed by atoms with Crippen LogP contribution in [0.2, 0.25) is 0 Å². The summed E-state index contributed by atoms with van der Waals surface area (Å²) in [4.78, 5) is 12.6. The van der Waals surface area contributed by atoms with Gasteiger partial charge in [0.15, 0.2) is 11.5 Å². The highest BCUT2D eigenvalue weighted by molar-refractivity contribution is 9.10. The summed E-state index contributed by atoms with van der Waals surface area (Å²) in [6.45, 7) is 4.83. The van der Waals surface area contributed by atoms with E-state index in [0.29, 0.717) is 30.3 Å². The number of hydrogen-bond donors (Lipinski definition) is 2. The average molecular weight is 412 g/mol. The third-order valence-electron chi connectivity index (χ3n) is 3.79. The summed E-state index contributed by atoms with van der Waals surface area (Å²) in [6.07, 6.45) is 0. The monoisotopic (exact) mass is 411 g/mol. The molecule has 0 radical (unpaired) electrons. The molecule has 24 heavy (non-hydrogen) atoms. The molecule has 0 unspecified atom stereocenters. The fraction of sp³-hybridized carbons (Fsp3) is 0.375. The van der Waals surface area contributed by atoms with Crippen molar-refractivity contribution in [3.8, 4) is 11.5 Å². The minimum atomic E-state index is -0.202. The van der Waals surface area contributed by atoms with E-state index >= 15 is 0 Å². The number of benzene rings is 1. The molecule has 0 spiro atoms. The first-order valence-corrected chi connectivity index (χ1v) is 9.11. The first-order chi connectivity index (χ1) is 11.5. The minimum absolute atomic E-state index is 0.153. The molecule has 1 aliphatic rings. The van der Waals surface area contributed by atoms with Gasteiger partial charge in [0.05, 0.1) is 17.3 Å². The predicted octanol–water partition coefficient (Wildman–Crippen LogP) is 3.52. The Kier molecular flexibility index (Phi) is 4.96. The molecular weight excluding hydrogens is 394 g/mol. The molecule has 0 fully saturated rings. The highest BCUT2D eigenvalue weighted by atomic mass is 79.9. The van der Waals surface area contributed by atoms with E-state index in [0.717, 1.165) is 20.7 Å². The van der Waals surface area contributed by atoms with E-state index in [1.54, 1.807) is 7.05 Å². The van der Waals surface area contributed by atoms with Crippen LogP contribution in [0.5, 0.6) is 11.5 Å². The smallest absolute Gasteiger partial charge is 0.256 e. The molecule has 1 aromatic carbocycles. The Bertz CT molecular complexity index is 778. The number of nitrogens with one attached hydrogen (secondary N) is 2. The van der Waals surface area contributed by atoms with Gasteiger partial charge in [-0.2, -0.15) is 4.37 Å². The summed E-state index contributed by atoms with van der Waals surface area (Å²) in [5.41, 5.74) is 2.23. The molecular formula is C16H18BrN3O3S. The van der Waals surface area contributed by atoms with Crippen LogP contribution in [-0.4, -0.2) is 30.5 Å². The van der Waals surface area contributed by atoms with Crippen LogP contribution < -0.4 is 20.1 Å². The van der Waals surface area contributed by atoms with Gasteiger partial charge in [-0.1, -0.05) is 15.9 Å². The number of aromatic nitrogens is 1. The van der Waals surface area contributed by atoms with Gasteiger partial charge in [-0.05, 0) is 43.1 Å². The van der Waals surface area contributed by atoms with Crippen molar-refractivity contribution in [3.05, 3.63) is 33.4 Å². The van der Waals surface area contributed by atoms with Crippen LogP contribution in [0, 0.1) is 6.92 Å². The number of aryl methyl sites for hydroxylation is 1. The summed E-state index contributed by atoms with van der Waals surface area (Å²) < 4.78 is 16.3. The van der Waals surface area contributed by atoms with E-state index < -0.39 is 0 Å². The van der Waals surface area contributed by atoms with Gasteiger partial charge in [0.2, 0.25) is 0 Å². The molecule has 8 heteroatoms. The number of rotatable bonds is 4. The molecule has 6 nitrogen and oxygen atoms in total. The quantitative estimate of drug-likeness (QED) is 0.804. The highest BCUT2D eigenvalue weighted by Crippen LogP contribution is 2.38. The second-order valence-electron chi connectivity index (χ2n) is 5.43. The summed E-state index contributed by atoms with van der Waals surface area (Å²) in [7, 11) is 1.78. The van der Waals surface area contributed by atoms with Crippen LogP contribution in [0.25, 0.3) is 0 Å². The Morgan fingerprint density at radius 2 is 2.00 bits per heavy atom. The van der Waals surface area contributed by atoms with Crippen molar-refractivity contribution in [1.82, 2.24) is 9.69 Å². The summed E-state index contributed by atoms with van der Waals surface area (Å²) >= 11 is 4.83. The summed E-state index contributed by atoms with van der Waals surface area (Å²) in [5.74, 6) is 1.26. The molecule has 3 rings (SSSR count). The van der Waals surface area contributed by atoms with Crippen molar-refractivity contribution in [2.75, 3.05) is 25.6 Å². The van der Waals surface area contributed by atoms with Crippen molar-refractivity contribution in [2.45, 2.75) is 19.9 Å². The van der Waals surface area contributed by atoms with Crippen molar-refractivity contribution >= 4 is 38.4 Å². The lowest BCUT2D eigenvalue weighted by atomic mass is 10.1. The molecule has 0 aliphatic carbocycles. The minimum Gasteiger partial charge on any atom is -0.486 e. The maximum absolute atomic E-state index is 12.6. The van der Waals surface area contributed by atoms with Crippen molar-refractivity contribution in [2.24, 2.45) is 0 Å². The summed E-state index contributed by atoms with van der Waals surface area (Å²) in [6, 6.07) is 3.58. The van der Waals surface area contributed by atoms with Crippen LogP contribution in [0.3, 0.4) is 0 Å². The second-order valence-corrected chi connectivity index (χ2v) is 7.06. The van der Waals surface area contributed by atoms with Gasteiger partial charge in [0, 0.05) is 11.5 Å². The van der Waals surface area contributed by atoms with E-state index in [1.165, 1.54) is 11.5 Å². The number of halogens is 1. The molecule has 0 saturated heterocycles. The zero-order chi connectivity index (χ0) is 17.3. The Balaban J connectivity index is 1.83. The van der Waals surface area contributed by atoms with Gasteiger partial charge < -0.3 is 20.1 Å². The van der Waals surface area contributed by atoms with Crippen molar-refractivity contribution in [1.29, 1.82) is 0 Å². The number of fused-ring (bicyclic) bond motifs is 1. The van der Waals surface area contributed by atoms with Gasteiger partial charge in [-0.3, -0.25) is 4.79 Å². The summed E-state index contributed by atoms with van der Waals surface area (Å²) in [5, 5.41) is 6.80. The molecule has 2 aromatic rings. The van der Waals surface area contributed by atoms with Crippen LogP contribution in [0.15, 0.2) is 16.6 Å².